The molecule has 0 radical (unpaired) electrons. The van der Waals surface area contributed by atoms with Crippen molar-refractivity contribution in [1.82, 2.24) is 9.97 Å². The first-order chi connectivity index (χ1) is 11.7. The molecule has 0 saturated carbocycles. The average Bonchev–Trinajstić information content (AvgIpc) is 3.19. The molecule has 116 valence electrons. The maximum Gasteiger partial charge on any atom is 0.138 e. The van der Waals surface area contributed by atoms with Gasteiger partial charge in [0.05, 0.1) is 11.0 Å². The van der Waals surface area contributed by atoms with Gasteiger partial charge in [0, 0.05) is 25.7 Å². The molecular formula is C21H16N2S. The first kappa shape index (κ1) is 13.8. The Labute approximate surface area is 143 Å². The normalized spacial score (nSPS) is 11.8. The van der Waals surface area contributed by atoms with Gasteiger partial charge < -0.3 is 4.98 Å². The number of aromatic nitrogens is 2. The Morgan fingerprint density at radius 2 is 1.67 bits per heavy atom. The van der Waals surface area contributed by atoms with Crippen molar-refractivity contribution >= 4 is 42.5 Å². The number of rotatable bonds is 1. The molecule has 0 saturated heterocycles. The van der Waals surface area contributed by atoms with Crippen LogP contribution in [-0.2, 0) is 0 Å². The zero-order valence-corrected chi connectivity index (χ0v) is 14.4. The first-order valence-electron chi connectivity index (χ1n) is 8.09. The largest absolute Gasteiger partial charge is 0.338 e. The maximum atomic E-state index is 4.80. The molecule has 1 N–H and O–H groups in total. The highest BCUT2D eigenvalue weighted by Crippen LogP contribution is 2.40. The third-order valence-electron chi connectivity index (χ3n) is 4.87. The van der Waals surface area contributed by atoms with Gasteiger partial charge in [-0.2, -0.15) is 0 Å². The number of aryl methyl sites for hydroxylation is 1. The monoisotopic (exact) mass is 328 g/mol. The highest BCUT2D eigenvalue weighted by atomic mass is 32.1. The van der Waals surface area contributed by atoms with E-state index in [-0.39, 0.29) is 0 Å². The number of nitrogens with zero attached hydrogens (tertiary/aromatic N) is 1. The van der Waals surface area contributed by atoms with E-state index in [1.807, 2.05) is 23.5 Å². The van der Waals surface area contributed by atoms with E-state index in [1.54, 1.807) is 0 Å². The van der Waals surface area contributed by atoms with E-state index in [9.17, 15) is 0 Å². The van der Waals surface area contributed by atoms with E-state index >= 15 is 0 Å². The minimum absolute atomic E-state index is 0.953. The predicted octanol–water partition coefficient (Wildman–Crippen LogP) is 6.21. The van der Waals surface area contributed by atoms with Crippen LogP contribution >= 0.6 is 11.3 Å². The van der Waals surface area contributed by atoms with Crippen molar-refractivity contribution in [3.8, 4) is 11.4 Å². The molecule has 0 fully saturated rings. The molecule has 3 heteroatoms. The third kappa shape index (κ3) is 1.85. The first-order valence-corrected chi connectivity index (χ1v) is 8.90. The Hall–Kier alpha value is -2.65. The predicted molar refractivity (Wildman–Crippen MR) is 104 cm³/mol. The summed E-state index contributed by atoms with van der Waals surface area (Å²) in [4.78, 5) is 8.28. The van der Waals surface area contributed by atoms with Crippen molar-refractivity contribution in [1.29, 1.82) is 0 Å². The van der Waals surface area contributed by atoms with Crippen molar-refractivity contribution in [3.05, 3.63) is 65.7 Å². The molecular weight excluding hydrogens is 312 g/mol. The van der Waals surface area contributed by atoms with Crippen LogP contribution in [0.4, 0.5) is 0 Å². The molecule has 24 heavy (non-hydrogen) atoms. The molecule has 0 atom stereocenters. The summed E-state index contributed by atoms with van der Waals surface area (Å²) in [5.41, 5.74) is 5.94. The van der Waals surface area contributed by atoms with Crippen LogP contribution in [0.1, 0.15) is 11.1 Å². The Morgan fingerprint density at radius 1 is 0.875 bits per heavy atom. The van der Waals surface area contributed by atoms with Gasteiger partial charge in [-0.05, 0) is 49.2 Å². The van der Waals surface area contributed by atoms with Crippen molar-refractivity contribution in [2.75, 3.05) is 0 Å². The highest BCUT2D eigenvalue weighted by molar-refractivity contribution is 7.26. The molecule has 0 amide bonds. The molecule has 2 nitrogen and oxygen atoms in total. The molecule has 0 spiro atoms. The fourth-order valence-corrected chi connectivity index (χ4v) is 4.68. The number of fused-ring (bicyclic) bond motifs is 4. The average molecular weight is 328 g/mol. The van der Waals surface area contributed by atoms with Gasteiger partial charge in [-0.1, -0.05) is 30.3 Å². The number of aromatic amines is 1. The van der Waals surface area contributed by atoms with Gasteiger partial charge in [-0.15, -0.1) is 11.3 Å². The van der Waals surface area contributed by atoms with Crippen LogP contribution in [0.5, 0.6) is 0 Å². The zero-order chi connectivity index (χ0) is 16.3. The number of para-hydroxylation sites is 2. The molecule has 0 unspecified atom stereocenters. The van der Waals surface area contributed by atoms with Crippen LogP contribution in [0.15, 0.2) is 54.6 Å². The van der Waals surface area contributed by atoms with E-state index < -0.39 is 0 Å². The fraction of sp³-hybridized carbons (Fsp3) is 0.0952. The van der Waals surface area contributed by atoms with Crippen LogP contribution in [0.25, 0.3) is 42.6 Å². The van der Waals surface area contributed by atoms with E-state index in [4.69, 9.17) is 4.98 Å². The number of imidazole rings is 1. The van der Waals surface area contributed by atoms with Gasteiger partial charge in [0.2, 0.25) is 0 Å². The minimum atomic E-state index is 0.953. The van der Waals surface area contributed by atoms with Crippen molar-refractivity contribution in [2.24, 2.45) is 0 Å². The van der Waals surface area contributed by atoms with E-state index in [2.05, 4.69) is 61.3 Å². The summed E-state index contributed by atoms with van der Waals surface area (Å²) in [6, 6.07) is 19.1. The lowest BCUT2D eigenvalue weighted by Crippen LogP contribution is -1.89. The topological polar surface area (TPSA) is 28.7 Å². The highest BCUT2D eigenvalue weighted by Gasteiger charge is 2.15. The fourth-order valence-electron chi connectivity index (χ4n) is 3.44. The van der Waals surface area contributed by atoms with Gasteiger partial charge in [-0.3, -0.25) is 0 Å². The second kappa shape index (κ2) is 4.92. The SMILES string of the molecule is Cc1c(-c2nc3ccccc3[nH]2)cc2c(sc3ccccc32)c1C. The van der Waals surface area contributed by atoms with Crippen molar-refractivity contribution in [3.63, 3.8) is 0 Å². The molecule has 5 aromatic rings. The number of H-pyrrole nitrogens is 1. The Kier molecular flexibility index (Phi) is 2.82. The Bertz CT molecular complexity index is 1190. The van der Waals surface area contributed by atoms with E-state index in [0.717, 1.165) is 16.9 Å². The van der Waals surface area contributed by atoms with Crippen molar-refractivity contribution in [2.45, 2.75) is 13.8 Å². The molecule has 2 heterocycles. The lowest BCUT2D eigenvalue weighted by molar-refractivity contribution is 1.29. The van der Waals surface area contributed by atoms with Crippen LogP contribution < -0.4 is 0 Å². The Balaban J connectivity index is 1.87. The van der Waals surface area contributed by atoms with Crippen molar-refractivity contribution < 1.29 is 0 Å². The minimum Gasteiger partial charge on any atom is -0.338 e. The van der Waals surface area contributed by atoms with Gasteiger partial charge in [0.15, 0.2) is 0 Å². The second-order valence-electron chi connectivity index (χ2n) is 6.25. The molecule has 0 aliphatic carbocycles. The second-order valence-corrected chi connectivity index (χ2v) is 7.30. The molecule has 0 aliphatic heterocycles. The molecule has 0 bridgehead atoms. The summed E-state index contributed by atoms with van der Waals surface area (Å²) in [6.45, 7) is 4.42. The van der Waals surface area contributed by atoms with E-state index in [0.29, 0.717) is 0 Å². The van der Waals surface area contributed by atoms with Crippen LogP contribution in [0, 0.1) is 13.8 Å². The molecule has 3 aromatic carbocycles. The third-order valence-corrected chi connectivity index (χ3v) is 6.18. The van der Waals surface area contributed by atoms with Gasteiger partial charge in [-0.25, -0.2) is 4.98 Å². The lowest BCUT2D eigenvalue weighted by atomic mass is 9.99. The van der Waals surface area contributed by atoms with Crippen LogP contribution in [-0.4, -0.2) is 9.97 Å². The molecule has 5 rings (SSSR count). The van der Waals surface area contributed by atoms with Gasteiger partial charge in [0.25, 0.3) is 0 Å². The van der Waals surface area contributed by atoms with Gasteiger partial charge >= 0.3 is 0 Å². The van der Waals surface area contributed by atoms with Crippen LogP contribution in [0.3, 0.4) is 0 Å². The molecule has 0 aliphatic rings. The maximum absolute atomic E-state index is 4.80. The number of benzene rings is 3. The van der Waals surface area contributed by atoms with Gasteiger partial charge in [0.1, 0.15) is 5.82 Å². The summed E-state index contributed by atoms with van der Waals surface area (Å²) >= 11 is 1.88. The van der Waals surface area contributed by atoms with Crippen LogP contribution in [0.2, 0.25) is 0 Å². The number of hydrogen-bond acceptors (Lipinski definition) is 2. The van der Waals surface area contributed by atoms with E-state index in [1.165, 1.54) is 36.9 Å². The number of thiophene rings is 1. The number of hydrogen-bond donors (Lipinski definition) is 1. The smallest absolute Gasteiger partial charge is 0.138 e. The number of nitrogens with one attached hydrogen (secondary N) is 1. The summed E-state index contributed by atoms with van der Waals surface area (Å²) in [6.07, 6.45) is 0. The quantitative estimate of drug-likeness (QED) is 0.389. The Morgan fingerprint density at radius 3 is 2.54 bits per heavy atom. The standard InChI is InChI=1S/C21H16N2S/c1-12-13(2)20-16(14-7-3-6-10-19(14)24-20)11-15(12)21-22-17-8-4-5-9-18(17)23-21/h3-11H,1-2H3,(H,22,23). The zero-order valence-electron chi connectivity index (χ0n) is 13.6. The summed E-state index contributed by atoms with van der Waals surface area (Å²) < 4.78 is 2.73. The lowest BCUT2D eigenvalue weighted by Gasteiger charge is -2.08. The summed E-state index contributed by atoms with van der Waals surface area (Å²) in [5, 5.41) is 2.66. The summed E-state index contributed by atoms with van der Waals surface area (Å²) in [5.74, 6) is 0.953. The summed E-state index contributed by atoms with van der Waals surface area (Å²) in [7, 11) is 0. The molecule has 2 aromatic heterocycles.